The van der Waals surface area contributed by atoms with Gasteiger partial charge in [-0.25, -0.2) is 0 Å². The van der Waals surface area contributed by atoms with Crippen molar-refractivity contribution < 1.29 is 24.2 Å². The number of thiocarbonyl (C=S) groups is 1. The van der Waals surface area contributed by atoms with Crippen molar-refractivity contribution in [2.75, 3.05) is 6.61 Å². The number of hydrogen-bond acceptors (Lipinski definition) is 7. The number of aliphatic carboxylic acids is 1. The molecule has 0 radical (unpaired) electrons. The summed E-state index contributed by atoms with van der Waals surface area (Å²) in [6, 6.07) is 10.0. The van der Waals surface area contributed by atoms with Crippen LogP contribution >= 0.6 is 24.0 Å². The highest BCUT2D eigenvalue weighted by Gasteiger charge is 2.33. The fourth-order valence-electron chi connectivity index (χ4n) is 2.30. The Morgan fingerprint density at radius 2 is 2.03 bits per heavy atom. The van der Waals surface area contributed by atoms with E-state index in [1.54, 1.807) is 48.7 Å². The molecule has 0 spiro atoms. The third kappa shape index (κ3) is 5.39. The lowest BCUT2D eigenvalue weighted by atomic mass is 10.2. The molecule has 1 aromatic heterocycles. The lowest BCUT2D eigenvalue weighted by Crippen LogP contribution is -2.44. The number of pyridine rings is 1. The maximum atomic E-state index is 12.6. The van der Waals surface area contributed by atoms with Gasteiger partial charge >= 0.3 is 5.97 Å². The van der Waals surface area contributed by atoms with Crippen molar-refractivity contribution in [2.45, 2.75) is 6.42 Å². The molecular formula is C19H15N3O5S2. The van der Waals surface area contributed by atoms with E-state index in [2.05, 4.69) is 10.4 Å². The summed E-state index contributed by atoms with van der Waals surface area (Å²) in [5, 5.41) is 9.65. The zero-order valence-electron chi connectivity index (χ0n) is 14.9. The second-order valence-corrected chi connectivity index (χ2v) is 7.44. The van der Waals surface area contributed by atoms with Crippen LogP contribution in [0, 0.1) is 0 Å². The number of carbonyl (C=O) groups excluding carboxylic acids is 2. The Balaban J connectivity index is 1.65. The third-order valence-electron chi connectivity index (χ3n) is 3.69. The van der Waals surface area contributed by atoms with E-state index in [1.165, 1.54) is 6.20 Å². The molecule has 0 unspecified atom stereocenters. The Labute approximate surface area is 175 Å². The van der Waals surface area contributed by atoms with Crippen LogP contribution in [0.1, 0.15) is 22.3 Å². The maximum Gasteiger partial charge on any atom is 0.306 e. The molecule has 29 heavy (non-hydrogen) atoms. The van der Waals surface area contributed by atoms with Crippen molar-refractivity contribution in [3.8, 4) is 5.75 Å². The quantitative estimate of drug-likeness (QED) is 0.510. The second-order valence-electron chi connectivity index (χ2n) is 5.76. The summed E-state index contributed by atoms with van der Waals surface area (Å²) < 4.78 is 5.54. The standard InChI is InChI=1S/C19H15N3O5S2/c23-16(24)7-9-27-14-5-3-12(4-6-14)10-15-18(26)22(19(28)29-15)21-17(25)13-2-1-8-20-11-13/h1-6,8,10-11H,7,9H2,(H,21,25)(H,23,24)/b15-10+. The first kappa shape index (κ1) is 20.5. The number of amides is 2. The fourth-order valence-corrected chi connectivity index (χ4v) is 3.47. The van der Waals surface area contributed by atoms with Crippen molar-refractivity contribution in [3.05, 3.63) is 64.8 Å². The van der Waals surface area contributed by atoms with E-state index in [4.69, 9.17) is 22.1 Å². The molecule has 10 heteroatoms. The smallest absolute Gasteiger partial charge is 0.306 e. The molecule has 1 aromatic carbocycles. The van der Waals surface area contributed by atoms with E-state index in [0.29, 0.717) is 16.2 Å². The Bertz CT molecular complexity index is 977. The van der Waals surface area contributed by atoms with Gasteiger partial charge in [0.05, 0.1) is 23.5 Å². The molecule has 2 amide bonds. The fraction of sp³-hybridized carbons (Fsp3) is 0.105. The van der Waals surface area contributed by atoms with Gasteiger partial charge in [0.2, 0.25) is 0 Å². The van der Waals surface area contributed by atoms with Crippen molar-refractivity contribution >= 4 is 52.2 Å². The molecule has 1 aliphatic heterocycles. The number of carboxylic acids is 1. The van der Waals surface area contributed by atoms with Crippen molar-refractivity contribution in [1.29, 1.82) is 0 Å². The number of benzene rings is 1. The molecule has 1 aliphatic rings. The molecule has 2 aromatic rings. The van der Waals surface area contributed by atoms with Crippen LogP contribution in [0.5, 0.6) is 5.75 Å². The summed E-state index contributed by atoms with van der Waals surface area (Å²) in [5.74, 6) is -1.32. The number of nitrogens with zero attached hydrogens (tertiary/aromatic N) is 2. The molecule has 0 atom stereocenters. The average molecular weight is 429 g/mol. The lowest BCUT2D eigenvalue weighted by molar-refractivity contribution is -0.137. The highest BCUT2D eigenvalue weighted by molar-refractivity contribution is 8.26. The van der Waals surface area contributed by atoms with Gasteiger partial charge in [0, 0.05) is 12.4 Å². The topological polar surface area (TPSA) is 109 Å². The number of hydrogen-bond donors (Lipinski definition) is 2. The zero-order valence-corrected chi connectivity index (χ0v) is 16.5. The molecular weight excluding hydrogens is 414 g/mol. The lowest BCUT2D eigenvalue weighted by Gasteiger charge is -2.15. The van der Waals surface area contributed by atoms with Crippen molar-refractivity contribution in [1.82, 2.24) is 15.4 Å². The van der Waals surface area contributed by atoms with Crippen LogP contribution in [0.25, 0.3) is 6.08 Å². The van der Waals surface area contributed by atoms with Gasteiger partial charge in [0.15, 0.2) is 4.32 Å². The van der Waals surface area contributed by atoms with Gasteiger partial charge in [-0.15, -0.1) is 0 Å². The van der Waals surface area contributed by atoms with E-state index in [1.807, 2.05) is 0 Å². The summed E-state index contributed by atoms with van der Waals surface area (Å²) in [5.41, 5.74) is 3.53. The minimum Gasteiger partial charge on any atom is -0.493 e. The summed E-state index contributed by atoms with van der Waals surface area (Å²) in [7, 11) is 0. The van der Waals surface area contributed by atoms with Gasteiger partial charge in [-0.1, -0.05) is 23.9 Å². The van der Waals surface area contributed by atoms with Gasteiger partial charge < -0.3 is 9.84 Å². The number of thioether (sulfide) groups is 1. The number of aromatic nitrogens is 1. The molecule has 3 rings (SSSR count). The van der Waals surface area contributed by atoms with Crippen LogP contribution in [-0.4, -0.2) is 43.8 Å². The largest absolute Gasteiger partial charge is 0.493 e. The molecule has 0 aliphatic carbocycles. The number of hydrazine groups is 1. The van der Waals surface area contributed by atoms with E-state index < -0.39 is 17.8 Å². The highest BCUT2D eigenvalue weighted by atomic mass is 32.2. The highest BCUT2D eigenvalue weighted by Crippen LogP contribution is 2.31. The third-order valence-corrected chi connectivity index (χ3v) is 5.00. The maximum absolute atomic E-state index is 12.6. The molecule has 2 heterocycles. The van der Waals surface area contributed by atoms with Gasteiger partial charge in [0.1, 0.15) is 5.75 Å². The minimum absolute atomic E-state index is 0.0734. The number of carboxylic acid groups (broad SMARTS) is 1. The van der Waals surface area contributed by atoms with Gasteiger partial charge in [0.25, 0.3) is 11.8 Å². The van der Waals surface area contributed by atoms with E-state index >= 15 is 0 Å². The Hall–Kier alpha value is -3.24. The van der Waals surface area contributed by atoms with Gasteiger partial charge in [-0.2, -0.15) is 5.01 Å². The number of carbonyl (C=O) groups is 3. The normalized spacial score (nSPS) is 14.9. The Morgan fingerprint density at radius 1 is 1.28 bits per heavy atom. The molecule has 8 nitrogen and oxygen atoms in total. The van der Waals surface area contributed by atoms with E-state index in [9.17, 15) is 14.4 Å². The molecule has 148 valence electrons. The summed E-state index contributed by atoms with van der Waals surface area (Å²) in [6.07, 6.45) is 4.50. The van der Waals surface area contributed by atoms with Crippen LogP contribution in [0.15, 0.2) is 53.7 Å². The molecule has 2 N–H and O–H groups in total. The Kier molecular flexibility index (Phi) is 6.57. The molecule has 1 fully saturated rings. The van der Waals surface area contributed by atoms with Crippen LogP contribution in [0.2, 0.25) is 0 Å². The average Bonchev–Trinajstić information content (AvgIpc) is 2.97. The van der Waals surface area contributed by atoms with E-state index in [-0.39, 0.29) is 17.3 Å². The van der Waals surface area contributed by atoms with Crippen LogP contribution < -0.4 is 10.2 Å². The second kappa shape index (κ2) is 9.30. The van der Waals surface area contributed by atoms with Crippen LogP contribution in [-0.2, 0) is 9.59 Å². The predicted molar refractivity (Wildman–Crippen MR) is 111 cm³/mol. The first-order valence-corrected chi connectivity index (χ1v) is 9.60. The summed E-state index contributed by atoms with van der Waals surface area (Å²) in [4.78, 5) is 39.6. The monoisotopic (exact) mass is 429 g/mol. The van der Waals surface area contributed by atoms with Gasteiger partial charge in [-0.05, 0) is 48.1 Å². The zero-order chi connectivity index (χ0) is 20.8. The first-order valence-electron chi connectivity index (χ1n) is 8.37. The summed E-state index contributed by atoms with van der Waals surface area (Å²) in [6.45, 7) is 0.0734. The van der Waals surface area contributed by atoms with Crippen molar-refractivity contribution in [3.63, 3.8) is 0 Å². The number of rotatable bonds is 7. The summed E-state index contributed by atoms with van der Waals surface area (Å²) >= 11 is 6.27. The molecule has 1 saturated heterocycles. The first-order chi connectivity index (χ1) is 13.9. The molecule has 0 bridgehead atoms. The molecule has 0 saturated carbocycles. The van der Waals surface area contributed by atoms with Crippen LogP contribution in [0.3, 0.4) is 0 Å². The van der Waals surface area contributed by atoms with Crippen molar-refractivity contribution in [2.24, 2.45) is 0 Å². The van der Waals surface area contributed by atoms with E-state index in [0.717, 1.165) is 22.3 Å². The predicted octanol–water partition coefficient (Wildman–Crippen LogP) is 2.48. The van der Waals surface area contributed by atoms with Crippen LogP contribution in [0.4, 0.5) is 0 Å². The SMILES string of the molecule is O=C(O)CCOc1ccc(/C=C2/SC(=S)N(NC(=O)c3cccnc3)C2=O)cc1. The number of nitrogens with one attached hydrogen (secondary N) is 1. The minimum atomic E-state index is -0.931. The Morgan fingerprint density at radius 3 is 2.69 bits per heavy atom. The van der Waals surface area contributed by atoms with Gasteiger partial charge in [-0.3, -0.25) is 24.8 Å². The number of ether oxygens (including phenoxy) is 1.